The van der Waals surface area contributed by atoms with Crippen molar-refractivity contribution in [2.75, 3.05) is 0 Å². The molecule has 87 valence electrons. The molecule has 0 saturated heterocycles. The molecule has 3 rings (SSSR count). The van der Waals surface area contributed by atoms with Gasteiger partial charge in [-0.3, -0.25) is 4.85 Å². The standard InChI is InChI=1S/C11H3N6.Ir/c1-12-9-8-7(4-3-5-14-8)10-15-6-16-17(10)11(9)13-2;/h3,5-6H;/q-1;. The van der Waals surface area contributed by atoms with Crippen LogP contribution in [-0.4, -0.2) is 19.6 Å². The summed E-state index contributed by atoms with van der Waals surface area (Å²) in [6.07, 6.45) is 2.88. The molecule has 0 aromatic carbocycles. The molecule has 6 nitrogen and oxygen atoms in total. The van der Waals surface area contributed by atoms with E-state index in [9.17, 15) is 0 Å². The third kappa shape index (κ3) is 1.46. The second kappa shape index (κ2) is 4.50. The molecule has 0 N–H and O–H groups in total. The Balaban J connectivity index is 0.00000120. The van der Waals surface area contributed by atoms with E-state index in [4.69, 9.17) is 13.1 Å². The Labute approximate surface area is 115 Å². The summed E-state index contributed by atoms with van der Waals surface area (Å²) in [5.41, 5.74) is 1.12. The molecule has 0 aliphatic rings. The van der Waals surface area contributed by atoms with Gasteiger partial charge in [0.05, 0.1) is 6.57 Å². The molecule has 18 heavy (non-hydrogen) atoms. The van der Waals surface area contributed by atoms with Crippen molar-refractivity contribution < 1.29 is 20.1 Å². The van der Waals surface area contributed by atoms with Crippen molar-refractivity contribution in [1.29, 1.82) is 0 Å². The van der Waals surface area contributed by atoms with Crippen LogP contribution in [0.2, 0.25) is 0 Å². The minimum absolute atomic E-state index is 0. The van der Waals surface area contributed by atoms with Crippen molar-refractivity contribution in [2.45, 2.75) is 0 Å². The van der Waals surface area contributed by atoms with E-state index >= 15 is 0 Å². The van der Waals surface area contributed by atoms with Crippen molar-refractivity contribution in [1.82, 2.24) is 19.6 Å². The van der Waals surface area contributed by atoms with Gasteiger partial charge in [-0.1, -0.05) is 23.3 Å². The molecule has 0 atom stereocenters. The van der Waals surface area contributed by atoms with Gasteiger partial charge >= 0.3 is 0 Å². The van der Waals surface area contributed by atoms with Crippen LogP contribution < -0.4 is 0 Å². The van der Waals surface area contributed by atoms with Crippen molar-refractivity contribution >= 4 is 28.1 Å². The number of hydrogen-bond acceptors (Lipinski definition) is 3. The van der Waals surface area contributed by atoms with Gasteiger partial charge in [0.1, 0.15) is 0 Å². The molecule has 0 aliphatic heterocycles. The monoisotopic (exact) mass is 412 g/mol. The maximum Gasteiger partial charge on any atom is 0.245 e. The van der Waals surface area contributed by atoms with Crippen LogP contribution in [0.25, 0.3) is 26.2 Å². The second-order valence-corrected chi connectivity index (χ2v) is 3.20. The van der Waals surface area contributed by atoms with E-state index < -0.39 is 0 Å². The zero-order valence-electron chi connectivity index (χ0n) is 8.75. The van der Waals surface area contributed by atoms with Crippen molar-refractivity contribution in [3.8, 4) is 0 Å². The molecule has 0 bridgehead atoms. The van der Waals surface area contributed by atoms with E-state index in [0.29, 0.717) is 16.6 Å². The van der Waals surface area contributed by atoms with E-state index in [1.165, 1.54) is 17.0 Å². The molecule has 0 unspecified atom stereocenters. The summed E-state index contributed by atoms with van der Waals surface area (Å²) in [6.45, 7) is 14.3. The molecular formula is C11H3IrN6-. The SMILES string of the molecule is [C-]#[N+]c1c([N+]#[C-])n2ncnc2c2[c-]ccnc12.[Ir]. The summed E-state index contributed by atoms with van der Waals surface area (Å²) in [6, 6.07) is 4.62. The molecule has 0 amide bonds. The predicted octanol–water partition coefficient (Wildman–Crippen LogP) is 2.18. The van der Waals surface area contributed by atoms with Gasteiger partial charge in [0.25, 0.3) is 0 Å². The average Bonchev–Trinajstić information content (AvgIpc) is 2.86. The molecular weight excluding hydrogens is 408 g/mol. The van der Waals surface area contributed by atoms with Crippen LogP contribution in [0.3, 0.4) is 0 Å². The maximum absolute atomic E-state index is 7.16. The second-order valence-electron chi connectivity index (χ2n) is 3.20. The number of pyridine rings is 2. The fraction of sp³-hybridized carbons (Fsp3) is 0. The quantitative estimate of drug-likeness (QED) is 0.533. The maximum atomic E-state index is 7.16. The Bertz CT molecular complexity index is 823. The van der Waals surface area contributed by atoms with Gasteiger partial charge in [-0.2, -0.15) is 4.52 Å². The van der Waals surface area contributed by atoms with Gasteiger partial charge in [-0.05, 0) is 5.52 Å². The molecule has 1 radical (unpaired) electrons. The van der Waals surface area contributed by atoms with E-state index in [0.717, 1.165) is 0 Å². The van der Waals surface area contributed by atoms with Gasteiger partial charge in [0.2, 0.25) is 5.82 Å². The van der Waals surface area contributed by atoms with Crippen LogP contribution >= 0.6 is 0 Å². The zero-order valence-corrected chi connectivity index (χ0v) is 11.1. The Kier molecular flexibility index (Phi) is 3.03. The van der Waals surface area contributed by atoms with E-state index in [1.54, 1.807) is 6.07 Å². The Morgan fingerprint density at radius 1 is 1.22 bits per heavy atom. The fourth-order valence-electron chi connectivity index (χ4n) is 1.69. The first-order chi connectivity index (χ1) is 8.36. The fourth-order valence-corrected chi connectivity index (χ4v) is 1.69. The van der Waals surface area contributed by atoms with Gasteiger partial charge in [-0.25, -0.2) is 4.98 Å². The van der Waals surface area contributed by atoms with Gasteiger partial charge in [0, 0.05) is 20.1 Å². The molecule has 3 heterocycles. The summed E-state index contributed by atoms with van der Waals surface area (Å²) >= 11 is 0. The minimum atomic E-state index is 0. The van der Waals surface area contributed by atoms with E-state index in [2.05, 4.69) is 30.8 Å². The molecule has 0 saturated carbocycles. The van der Waals surface area contributed by atoms with Crippen molar-refractivity contribution in [2.24, 2.45) is 0 Å². The first kappa shape index (κ1) is 12.1. The summed E-state index contributed by atoms with van der Waals surface area (Å²) in [4.78, 5) is 14.9. The van der Waals surface area contributed by atoms with Crippen molar-refractivity contribution in [3.63, 3.8) is 0 Å². The Hall–Kier alpha value is -2.34. The molecule has 7 heteroatoms. The van der Waals surface area contributed by atoms with E-state index in [-0.39, 0.29) is 31.6 Å². The number of rotatable bonds is 0. The third-order valence-corrected chi connectivity index (χ3v) is 2.37. The smallest absolute Gasteiger partial charge is 0.245 e. The first-order valence-corrected chi connectivity index (χ1v) is 4.64. The summed E-state index contributed by atoms with van der Waals surface area (Å²) < 4.78 is 1.35. The number of aromatic nitrogens is 4. The number of nitrogens with zero attached hydrogens (tertiary/aromatic N) is 6. The Morgan fingerprint density at radius 2 is 2.06 bits per heavy atom. The molecule has 0 aliphatic carbocycles. The topological polar surface area (TPSA) is 51.8 Å². The summed E-state index contributed by atoms with van der Waals surface area (Å²) in [5.74, 6) is 0.132. The van der Waals surface area contributed by atoms with Crippen LogP contribution in [0, 0.1) is 19.2 Å². The molecule has 0 spiro atoms. The van der Waals surface area contributed by atoms with Crippen LogP contribution in [0.4, 0.5) is 11.5 Å². The molecule has 0 fully saturated rings. The van der Waals surface area contributed by atoms with Crippen molar-refractivity contribution in [3.05, 3.63) is 47.5 Å². The van der Waals surface area contributed by atoms with Crippen LogP contribution in [0.15, 0.2) is 18.6 Å². The molecule has 3 aromatic rings. The number of fused-ring (bicyclic) bond motifs is 3. The number of hydrogen-bond donors (Lipinski definition) is 0. The minimum Gasteiger partial charge on any atom is -0.374 e. The third-order valence-electron chi connectivity index (χ3n) is 2.37. The van der Waals surface area contributed by atoms with Gasteiger partial charge in [-0.15, -0.1) is 12.1 Å². The largest absolute Gasteiger partial charge is 0.374 e. The van der Waals surface area contributed by atoms with Crippen LogP contribution in [0.1, 0.15) is 0 Å². The average molecular weight is 411 g/mol. The van der Waals surface area contributed by atoms with Crippen LogP contribution in [-0.2, 0) is 20.1 Å². The van der Waals surface area contributed by atoms with Crippen LogP contribution in [0.5, 0.6) is 0 Å². The Morgan fingerprint density at radius 3 is 2.78 bits per heavy atom. The zero-order chi connectivity index (χ0) is 11.8. The normalized spacial score (nSPS) is 9.67. The molecule has 3 aromatic heterocycles. The predicted molar refractivity (Wildman–Crippen MR) is 59.6 cm³/mol. The van der Waals surface area contributed by atoms with E-state index in [1.807, 2.05) is 0 Å². The summed E-state index contributed by atoms with van der Waals surface area (Å²) in [7, 11) is 0. The first-order valence-electron chi connectivity index (χ1n) is 4.64. The van der Waals surface area contributed by atoms with Gasteiger partial charge in [0.15, 0.2) is 17.7 Å². The van der Waals surface area contributed by atoms with Gasteiger partial charge < -0.3 is 9.83 Å². The summed E-state index contributed by atoms with van der Waals surface area (Å²) in [5, 5.41) is 4.55.